The lowest BCUT2D eigenvalue weighted by Crippen LogP contribution is -2.55. The maximum Gasteiger partial charge on any atom is 0.0406 e. The molecule has 3 nitrogen and oxygen atoms in total. The quantitative estimate of drug-likeness (QED) is 0.755. The van der Waals surface area contributed by atoms with E-state index in [4.69, 9.17) is 11.6 Å². The number of rotatable bonds is 6. The lowest BCUT2D eigenvalue weighted by Gasteiger charge is -2.43. The van der Waals surface area contributed by atoms with Gasteiger partial charge in [-0.25, -0.2) is 10.0 Å². The Morgan fingerprint density at radius 3 is 2.12 bits per heavy atom. The molecule has 1 fully saturated rings. The van der Waals surface area contributed by atoms with E-state index in [-0.39, 0.29) is 0 Å². The third kappa shape index (κ3) is 4.86. The number of halogens is 1. The van der Waals surface area contributed by atoms with Crippen LogP contribution in [0.2, 0.25) is 5.02 Å². The van der Waals surface area contributed by atoms with Crippen LogP contribution >= 0.6 is 11.6 Å². The van der Waals surface area contributed by atoms with Crippen molar-refractivity contribution < 1.29 is 0 Å². The molecule has 0 N–H and O–H groups in total. The Labute approximate surface area is 163 Å². The highest BCUT2D eigenvalue weighted by Crippen LogP contribution is 2.27. The minimum atomic E-state index is 0.484. The van der Waals surface area contributed by atoms with Crippen molar-refractivity contribution in [1.29, 1.82) is 0 Å². The molecule has 1 aliphatic heterocycles. The lowest BCUT2D eigenvalue weighted by molar-refractivity contribution is -0.0312. The molecule has 2 atom stereocenters. The number of piperazine rings is 1. The SMILES string of the molecule is CC(c1ccccc1)C(Cc1ccc(Cl)cc1)N1CCN(N(C)C)CC1. The van der Waals surface area contributed by atoms with Crippen LogP contribution in [0.3, 0.4) is 0 Å². The molecule has 4 heteroatoms. The standard InChI is InChI=1S/C22H30ClN3/c1-18(20-7-5-4-6-8-20)22(17-19-9-11-21(23)12-10-19)25-13-15-26(16-14-25)24(2)3/h4-12,18,22H,13-17H2,1-3H3. The second-order valence-electron chi connectivity index (χ2n) is 7.43. The van der Waals surface area contributed by atoms with Crippen molar-refractivity contribution in [3.63, 3.8) is 0 Å². The van der Waals surface area contributed by atoms with Crippen LogP contribution in [0.1, 0.15) is 24.0 Å². The zero-order valence-corrected chi connectivity index (χ0v) is 16.9. The van der Waals surface area contributed by atoms with Gasteiger partial charge in [0.15, 0.2) is 0 Å². The van der Waals surface area contributed by atoms with Gasteiger partial charge in [0.05, 0.1) is 0 Å². The summed E-state index contributed by atoms with van der Waals surface area (Å²) in [6.45, 7) is 6.76. The van der Waals surface area contributed by atoms with Gasteiger partial charge in [-0.1, -0.05) is 61.0 Å². The molecule has 1 heterocycles. The van der Waals surface area contributed by atoms with Gasteiger partial charge in [-0.3, -0.25) is 4.90 Å². The summed E-state index contributed by atoms with van der Waals surface area (Å²) < 4.78 is 0. The largest absolute Gasteiger partial charge is 0.297 e. The summed E-state index contributed by atoms with van der Waals surface area (Å²) in [5, 5.41) is 5.44. The zero-order valence-electron chi connectivity index (χ0n) is 16.1. The van der Waals surface area contributed by atoms with E-state index in [1.165, 1.54) is 11.1 Å². The Hall–Kier alpha value is -1.39. The molecule has 3 rings (SSSR count). The van der Waals surface area contributed by atoms with Crippen LogP contribution in [0.25, 0.3) is 0 Å². The first kappa shape index (κ1) is 19.4. The Morgan fingerprint density at radius 2 is 1.54 bits per heavy atom. The fourth-order valence-electron chi connectivity index (χ4n) is 3.91. The highest BCUT2D eigenvalue weighted by atomic mass is 35.5. The van der Waals surface area contributed by atoms with Crippen molar-refractivity contribution in [2.45, 2.75) is 25.3 Å². The molecule has 0 aromatic heterocycles. The number of nitrogens with zero attached hydrogens (tertiary/aromatic N) is 3. The summed E-state index contributed by atoms with van der Waals surface area (Å²) in [4.78, 5) is 2.67. The predicted octanol–water partition coefficient (Wildman–Crippen LogP) is 4.15. The summed E-state index contributed by atoms with van der Waals surface area (Å²) >= 11 is 6.08. The van der Waals surface area contributed by atoms with Gasteiger partial charge >= 0.3 is 0 Å². The van der Waals surface area contributed by atoms with Gasteiger partial charge in [0.1, 0.15) is 0 Å². The van der Waals surface area contributed by atoms with E-state index in [0.717, 1.165) is 37.6 Å². The van der Waals surface area contributed by atoms with Crippen molar-refractivity contribution in [2.75, 3.05) is 40.3 Å². The van der Waals surface area contributed by atoms with Gasteiger partial charge in [0.25, 0.3) is 0 Å². The van der Waals surface area contributed by atoms with Gasteiger partial charge in [-0.2, -0.15) is 0 Å². The molecule has 0 saturated carbocycles. The smallest absolute Gasteiger partial charge is 0.0406 e. The van der Waals surface area contributed by atoms with E-state index in [1.54, 1.807) is 0 Å². The summed E-state index contributed by atoms with van der Waals surface area (Å²) in [5.41, 5.74) is 2.78. The van der Waals surface area contributed by atoms with Crippen molar-refractivity contribution in [2.24, 2.45) is 0 Å². The monoisotopic (exact) mass is 371 g/mol. The highest BCUT2D eigenvalue weighted by Gasteiger charge is 2.29. The first-order chi connectivity index (χ1) is 12.5. The normalized spacial score (nSPS) is 18.8. The number of hydrogen-bond acceptors (Lipinski definition) is 3. The number of benzene rings is 2. The van der Waals surface area contributed by atoms with E-state index in [2.05, 4.69) is 78.4 Å². The molecule has 0 bridgehead atoms. The highest BCUT2D eigenvalue weighted by molar-refractivity contribution is 6.30. The topological polar surface area (TPSA) is 9.72 Å². The molecule has 1 aliphatic rings. The Balaban J connectivity index is 1.78. The molecule has 1 saturated heterocycles. The molecular formula is C22H30ClN3. The van der Waals surface area contributed by atoms with Gasteiger partial charge in [0.2, 0.25) is 0 Å². The van der Waals surface area contributed by atoms with Gasteiger partial charge < -0.3 is 0 Å². The van der Waals surface area contributed by atoms with Crippen LogP contribution in [0.4, 0.5) is 0 Å². The van der Waals surface area contributed by atoms with Gasteiger partial charge in [0, 0.05) is 51.3 Å². The minimum Gasteiger partial charge on any atom is -0.297 e. The van der Waals surface area contributed by atoms with Gasteiger partial charge in [-0.05, 0) is 35.6 Å². The van der Waals surface area contributed by atoms with Gasteiger partial charge in [-0.15, -0.1) is 0 Å². The third-order valence-corrected chi connectivity index (χ3v) is 5.84. The van der Waals surface area contributed by atoms with Crippen LogP contribution in [0, 0.1) is 0 Å². The van der Waals surface area contributed by atoms with E-state index >= 15 is 0 Å². The molecule has 0 spiro atoms. The van der Waals surface area contributed by atoms with E-state index in [0.29, 0.717) is 12.0 Å². The average molecular weight is 372 g/mol. The first-order valence-corrected chi connectivity index (χ1v) is 9.88. The maximum atomic E-state index is 6.08. The molecule has 26 heavy (non-hydrogen) atoms. The second-order valence-corrected chi connectivity index (χ2v) is 7.87. The minimum absolute atomic E-state index is 0.484. The summed E-state index contributed by atoms with van der Waals surface area (Å²) in [6, 6.07) is 19.8. The van der Waals surface area contributed by atoms with Crippen LogP contribution < -0.4 is 0 Å². The van der Waals surface area contributed by atoms with Crippen LogP contribution in [-0.2, 0) is 6.42 Å². The fourth-order valence-corrected chi connectivity index (χ4v) is 4.03. The van der Waals surface area contributed by atoms with Crippen LogP contribution in [-0.4, -0.2) is 61.2 Å². The van der Waals surface area contributed by atoms with Crippen molar-refractivity contribution in [3.05, 3.63) is 70.7 Å². The predicted molar refractivity (Wildman–Crippen MR) is 111 cm³/mol. The summed E-state index contributed by atoms with van der Waals surface area (Å²) in [7, 11) is 4.26. The molecule has 2 aromatic carbocycles. The average Bonchev–Trinajstić information content (AvgIpc) is 2.68. The van der Waals surface area contributed by atoms with Crippen molar-refractivity contribution in [3.8, 4) is 0 Å². The molecule has 2 unspecified atom stereocenters. The Bertz CT molecular complexity index is 664. The first-order valence-electron chi connectivity index (χ1n) is 9.50. The van der Waals surface area contributed by atoms with Crippen molar-refractivity contribution in [1.82, 2.24) is 14.9 Å². The fraction of sp³-hybridized carbons (Fsp3) is 0.455. The number of hydrogen-bond donors (Lipinski definition) is 0. The van der Waals surface area contributed by atoms with E-state index < -0.39 is 0 Å². The van der Waals surface area contributed by atoms with Crippen molar-refractivity contribution >= 4 is 11.6 Å². The zero-order chi connectivity index (χ0) is 18.5. The molecule has 0 radical (unpaired) electrons. The third-order valence-electron chi connectivity index (χ3n) is 5.59. The molecule has 0 amide bonds. The Morgan fingerprint density at radius 1 is 0.923 bits per heavy atom. The van der Waals surface area contributed by atoms with E-state index in [9.17, 15) is 0 Å². The molecule has 140 valence electrons. The van der Waals surface area contributed by atoms with Crippen LogP contribution in [0.5, 0.6) is 0 Å². The number of hydrazine groups is 1. The Kier molecular flexibility index (Phi) is 6.71. The second kappa shape index (κ2) is 9.01. The molecular weight excluding hydrogens is 342 g/mol. The summed E-state index contributed by atoms with van der Waals surface area (Å²) in [5.74, 6) is 0.484. The van der Waals surface area contributed by atoms with E-state index in [1.807, 2.05) is 12.1 Å². The molecule has 0 aliphatic carbocycles. The summed E-state index contributed by atoms with van der Waals surface area (Å²) in [6.07, 6.45) is 1.05. The van der Waals surface area contributed by atoms with Crippen LogP contribution in [0.15, 0.2) is 54.6 Å². The molecule has 2 aromatic rings. The lowest BCUT2D eigenvalue weighted by atomic mass is 9.87. The maximum absolute atomic E-state index is 6.08.